The van der Waals surface area contributed by atoms with E-state index in [1.165, 1.54) is 17.8 Å². The van der Waals surface area contributed by atoms with Gasteiger partial charge in [0.2, 0.25) is 11.8 Å². The first-order chi connectivity index (χ1) is 21.2. The van der Waals surface area contributed by atoms with E-state index in [0.717, 1.165) is 39.4 Å². The van der Waals surface area contributed by atoms with Crippen molar-refractivity contribution in [3.63, 3.8) is 0 Å². The van der Waals surface area contributed by atoms with Gasteiger partial charge in [0.15, 0.2) is 11.0 Å². The van der Waals surface area contributed by atoms with Crippen LogP contribution in [0.3, 0.4) is 0 Å². The number of H-pyrrole nitrogens is 1. The lowest BCUT2D eigenvalue weighted by Crippen LogP contribution is -2.46. The quantitative estimate of drug-likeness (QED) is 0.0787. The highest BCUT2D eigenvalue weighted by Gasteiger charge is 2.52. The predicted molar refractivity (Wildman–Crippen MR) is 173 cm³/mol. The minimum atomic E-state index is -1.34. The number of allylic oxidation sites excluding steroid dienone is 2. The summed E-state index contributed by atoms with van der Waals surface area (Å²) in [6, 6.07) is -0.838. The molecule has 7 N–H and O–H groups in total. The highest BCUT2D eigenvalue weighted by Crippen LogP contribution is 2.39. The Morgan fingerprint density at radius 2 is 1.71 bits per heavy atom. The third-order valence-corrected chi connectivity index (χ3v) is 11.0. The first kappa shape index (κ1) is 32.6. The van der Waals surface area contributed by atoms with E-state index in [2.05, 4.69) is 27.5 Å². The van der Waals surface area contributed by atoms with E-state index >= 15 is 0 Å². The Bertz CT molecular complexity index is 1530. The van der Waals surface area contributed by atoms with Crippen LogP contribution in [0, 0.1) is 24.7 Å². The van der Waals surface area contributed by atoms with Gasteiger partial charge in [-0.25, -0.2) is 0 Å². The van der Waals surface area contributed by atoms with Gasteiger partial charge in [0, 0.05) is 47.6 Å². The Hall–Kier alpha value is -3.77. The number of aliphatic hydroxyl groups is 1. The van der Waals surface area contributed by atoms with Gasteiger partial charge in [0.1, 0.15) is 0 Å². The van der Waals surface area contributed by atoms with Gasteiger partial charge < -0.3 is 36.3 Å². The molecule has 12 heteroatoms. The summed E-state index contributed by atoms with van der Waals surface area (Å²) < 4.78 is 0. The van der Waals surface area contributed by atoms with Crippen LogP contribution in [0.4, 0.5) is 0 Å². The zero-order valence-corrected chi connectivity index (χ0v) is 27.0. The van der Waals surface area contributed by atoms with Crippen molar-refractivity contribution in [1.82, 2.24) is 20.9 Å². The summed E-state index contributed by atoms with van der Waals surface area (Å²) in [5.74, 6) is -1.80. The van der Waals surface area contributed by atoms with Crippen molar-refractivity contribution in [3.8, 4) is 0 Å². The van der Waals surface area contributed by atoms with Crippen molar-refractivity contribution in [2.75, 3.05) is 5.75 Å². The van der Waals surface area contributed by atoms with Crippen LogP contribution in [-0.2, 0) is 37.4 Å². The van der Waals surface area contributed by atoms with Gasteiger partial charge in [-0.3, -0.25) is 19.2 Å². The molecule has 4 aliphatic rings. The minimum absolute atomic E-state index is 0.00715. The molecule has 1 aromatic heterocycles. The molecule has 45 heavy (non-hydrogen) atoms. The number of amides is 2. The van der Waals surface area contributed by atoms with Gasteiger partial charge in [-0.2, -0.15) is 0 Å². The SMILES string of the molecule is C=CC1C(=O)N[C@H](CC2N/C(=C\c3[nH]c(/C=C4\NC(=O)[C@H](C)[C@H]4[C@@H]4C[SH+]4)c(C)c3CCC(=O)O)C(CCC(=O)O)=C2C)[C@]1(C)O. The number of carbonyl (C=O) groups is 4. The smallest absolute Gasteiger partial charge is 0.303 e. The molecule has 2 unspecified atom stereocenters. The Morgan fingerprint density at radius 3 is 2.31 bits per heavy atom. The van der Waals surface area contributed by atoms with Crippen LogP contribution in [0.25, 0.3) is 12.2 Å². The van der Waals surface area contributed by atoms with E-state index in [4.69, 9.17) is 0 Å². The van der Waals surface area contributed by atoms with E-state index in [9.17, 15) is 34.5 Å². The zero-order valence-electron chi connectivity index (χ0n) is 26.1. The number of carboxylic acids is 2. The van der Waals surface area contributed by atoms with E-state index in [-0.39, 0.29) is 55.4 Å². The van der Waals surface area contributed by atoms with Crippen LogP contribution in [0.15, 0.2) is 35.2 Å². The maximum absolute atomic E-state index is 12.6. The Labute approximate surface area is 266 Å². The largest absolute Gasteiger partial charge is 0.481 e. The van der Waals surface area contributed by atoms with E-state index in [1.807, 2.05) is 32.9 Å². The number of carbonyl (C=O) groups excluding carboxylic acids is 2. The van der Waals surface area contributed by atoms with Crippen molar-refractivity contribution in [3.05, 3.63) is 57.7 Å². The number of carboxylic acid groups (broad SMARTS) is 2. The summed E-state index contributed by atoms with van der Waals surface area (Å²) in [5.41, 5.74) is 5.19. The van der Waals surface area contributed by atoms with Gasteiger partial charge in [-0.1, -0.05) is 13.0 Å². The van der Waals surface area contributed by atoms with Crippen molar-refractivity contribution in [2.45, 2.75) is 82.7 Å². The normalized spacial score (nSPS) is 32.6. The molecule has 0 bridgehead atoms. The molecule has 242 valence electrons. The van der Waals surface area contributed by atoms with Gasteiger partial charge in [-0.05, 0) is 86.2 Å². The predicted octanol–water partition coefficient (Wildman–Crippen LogP) is 2.20. The second-order valence-corrected chi connectivity index (χ2v) is 14.2. The number of nitrogens with one attached hydrogen (secondary N) is 4. The second-order valence-electron chi connectivity index (χ2n) is 12.8. The lowest BCUT2D eigenvalue weighted by atomic mass is 9.83. The molecule has 11 nitrogen and oxygen atoms in total. The second kappa shape index (κ2) is 12.6. The molecule has 5 heterocycles. The fourth-order valence-corrected chi connectivity index (χ4v) is 8.03. The number of aliphatic carboxylic acids is 2. The van der Waals surface area contributed by atoms with Crippen LogP contribution >= 0.6 is 0 Å². The maximum atomic E-state index is 12.6. The zero-order chi connectivity index (χ0) is 32.8. The summed E-state index contributed by atoms with van der Waals surface area (Å²) in [7, 11) is 0. The molecule has 0 radical (unpaired) electrons. The highest BCUT2D eigenvalue weighted by atomic mass is 32.2. The van der Waals surface area contributed by atoms with Crippen molar-refractivity contribution in [2.24, 2.45) is 17.8 Å². The Balaban J connectivity index is 1.51. The van der Waals surface area contributed by atoms with Gasteiger partial charge in [0.05, 0.1) is 23.5 Å². The van der Waals surface area contributed by atoms with Crippen molar-refractivity contribution < 1.29 is 34.5 Å². The topological polar surface area (TPSA) is 181 Å². The standard InChI is InChI=1S/C33H42N4O7S/c1-6-20-32(43)37-27(33(20,5)44)13-22-16(3)19(8-10-29(40)41)24(35-22)12-23-18(7-9-28(38)39)15(2)21(34-23)11-25-30(26-14-45-26)17(4)31(42)36-25/h6,11-12,17,20,22,26-27,30,34-35,44H,1,7-10,13-14H2,2-5H3,(H,36,42)(H,37,43)(H,38,39)(H,40,41)/p+1/b24-12-,25-11-/t17-,20?,22?,26+,27-,30-,33-/m1/s1. The van der Waals surface area contributed by atoms with E-state index in [1.54, 1.807) is 6.92 Å². The fraction of sp³-hybridized carbons (Fsp3) is 0.515. The Kier molecular flexibility index (Phi) is 9.10. The molecule has 7 atom stereocenters. The molecule has 5 rings (SSSR count). The van der Waals surface area contributed by atoms with E-state index < -0.39 is 29.5 Å². The highest BCUT2D eigenvalue weighted by molar-refractivity contribution is 7.86. The molecule has 0 aromatic carbocycles. The molecule has 1 aromatic rings. The van der Waals surface area contributed by atoms with Crippen LogP contribution in [-0.4, -0.2) is 72.7 Å². The number of thiol groups is 1. The van der Waals surface area contributed by atoms with Gasteiger partial charge in [0.25, 0.3) is 0 Å². The lowest BCUT2D eigenvalue weighted by Gasteiger charge is -2.30. The number of hydrogen-bond acceptors (Lipinski definition) is 6. The summed E-state index contributed by atoms with van der Waals surface area (Å²) >= 11 is 1.34. The van der Waals surface area contributed by atoms with E-state index in [0.29, 0.717) is 23.1 Å². The molecule has 0 spiro atoms. The summed E-state index contributed by atoms with van der Waals surface area (Å²) in [5, 5.41) is 40.0. The van der Waals surface area contributed by atoms with Gasteiger partial charge in [-0.15, -0.1) is 6.58 Å². The number of rotatable bonds is 12. The molecule has 0 aliphatic carbocycles. The fourth-order valence-electron chi connectivity index (χ4n) is 7.04. The molecular weight excluding hydrogens is 596 g/mol. The molecule has 2 amide bonds. The minimum Gasteiger partial charge on any atom is -0.481 e. The lowest BCUT2D eigenvalue weighted by molar-refractivity contribution is -0.138. The number of aromatic amines is 1. The first-order valence-corrected chi connectivity index (χ1v) is 16.5. The van der Waals surface area contributed by atoms with Crippen LogP contribution in [0.2, 0.25) is 0 Å². The van der Waals surface area contributed by atoms with Crippen LogP contribution in [0.1, 0.15) is 69.0 Å². The third-order valence-electron chi connectivity index (χ3n) is 9.90. The maximum Gasteiger partial charge on any atom is 0.303 e. The molecule has 3 saturated heterocycles. The van der Waals surface area contributed by atoms with Crippen LogP contribution < -0.4 is 16.0 Å². The monoisotopic (exact) mass is 639 g/mol. The van der Waals surface area contributed by atoms with Crippen LogP contribution in [0.5, 0.6) is 0 Å². The first-order valence-electron chi connectivity index (χ1n) is 15.4. The van der Waals surface area contributed by atoms with Crippen molar-refractivity contribution >= 4 is 47.7 Å². The summed E-state index contributed by atoms with van der Waals surface area (Å²) in [6.07, 6.45) is 6.10. The van der Waals surface area contributed by atoms with Gasteiger partial charge >= 0.3 is 11.9 Å². The van der Waals surface area contributed by atoms with Crippen molar-refractivity contribution in [1.29, 1.82) is 0 Å². The molecular formula is C33H43N4O7S+. The summed E-state index contributed by atoms with van der Waals surface area (Å²) in [6.45, 7) is 11.1. The molecule has 4 aliphatic heterocycles. The Morgan fingerprint density at radius 1 is 1.04 bits per heavy atom. The average molecular weight is 640 g/mol. The number of aromatic nitrogens is 1. The third kappa shape index (κ3) is 6.48. The number of hydrogen-bond donors (Lipinski definition) is 7. The average Bonchev–Trinajstić information content (AvgIpc) is 3.56. The molecule has 0 saturated carbocycles. The molecule has 3 fully saturated rings. The summed E-state index contributed by atoms with van der Waals surface area (Å²) in [4.78, 5) is 51.7.